The second-order valence-electron chi connectivity index (χ2n) is 3.78. The van der Waals surface area contributed by atoms with E-state index in [1.807, 2.05) is 6.92 Å². The van der Waals surface area contributed by atoms with Gasteiger partial charge in [0.05, 0.1) is 11.8 Å². The van der Waals surface area contributed by atoms with Gasteiger partial charge in [0.25, 0.3) is 0 Å². The summed E-state index contributed by atoms with van der Waals surface area (Å²) in [4.78, 5) is 11.9. The molecule has 0 aliphatic heterocycles. The second-order valence-corrected chi connectivity index (χ2v) is 3.78. The molecule has 0 bridgehead atoms. The van der Waals surface area contributed by atoms with E-state index in [9.17, 15) is 9.18 Å². The Morgan fingerprint density at radius 3 is 2.82 bits per heavy atom. The van der Waals surface area contributed by atoms with Gasteiger partial charge in [0, 0.05) is 19.2 Å². The van der Waals surface area contributed by atoms with Crippen LogP contribution in [0.4, 0.5) is 4.39 Å². The summed E-state index contributed by atoms with van der Waals surface area (Å²) in [6, 6.07) is 6.31. The molecule has 0 aliphatic carbocycles. The highest BCUT2D eigenvalue weighted by Crippen LogP contribution is 2.10. The average molecular weight is 232 g/mol. The number of Topliss-reactive ketones (excluding diaryl/α,β-unsaturated/α-hetero) is 1. The minimum atomic E-state index is -0.344. The first-order chi connectivity index (χ1) is 8.20. The number of hydrogen-bond donors (Lipinski definition) is 0. The van der Waals surface area contributed by atoms with E-state index in [0.29, 0.717) is 17.7 Å². The van der Waals surface area contributed by atoms with Gasteiger partial charge < -0.3 is 0 Å². The van der Waals surface area contributed by atoms with Gasteiger partial charge in [0.2, 0.25) is 0 Å². The van der Waals surface area contributed by atoms with Crippen molar-refractivity contribution in [2.75, 3.05) is 0 Å². The van der Waals surface area contributed by atoms with Crippen molar-refractivity contribution in [2.24, 2.45) is 0 Å². The Labute approximate surface area is 98.9 Å². The molecule has 2 aromatic rings. The molecule has 3 nitrogen and oxygen atoms in total. The maximum atomic E-state index is 13.4. The SMILES string of the molecule is CCn1cc(C(=O)Cc2ccccc2F)cn1. The highest BCUT2D eigenvalue weighted by Gasteiger charge is 2.11. The highest BCUT2D eigenvalue weighted by molar-refractivity contribution is 5.97. The Hall–Kier alpha value is -1.97. The quantitative estimate of drug-likeness (QED) is 0.759. The monoisotopic (exact) mass is 232 g/mol. The van der Waals surface area contributed by atoms with Crippen LogP contribution in [0.2, 0.25) is 0 Å². The fourth-order valence-corrected chi connectivity index (χ4v) is 1.60. The zero-order chi connectivity index (χ0) is 12.3. The van der Waals surface area contributed by atoms with Gasteiger partial charge in [-0.25, -0.2) is 4.39 Å². The number of aromatic nitrogens is 2. The van der Waals surface area contributed by atoms with Crippen LogP contribution in [0.25, 0.3) is 0 Å². The number of aryl methyl sites for hydroxylation is 1. The number of carbonyl (C=O) groups is 1. The summed E-state index contributed by atoms with van der Waals surface area (Å²) in [5, 5.41) is 4.02. The Kier molecular flexibility index (Phi) is 3.32. The maximum Gasteiger partial charge on any atom is 0.170 e. The van der Waals surface area contributed by atoms with Gasteiger partial charge in [-0.3, -0.25) is 9.48 Å². The molecule has 1 aromatic heterocycles. The highest BCUT2D eigenvalue weighted by atomic mass is 19.1. The van der Waals surface area contributed by atoms with E-state index < -0.39 is 0 Å². The topological polar surface area (TPSA) is 34.9 Å². The molecule has 88 valence electrons. The fourth-order valence-electron chi connectivity index (χ4n) is 1.60. The van der Waals surface area contributed by atoms with Crippen LogP contribution in [0.3, 0.4) is 0 Å². The van der Waals surface area contributed by atoms with Crippen molar-refractivity contribution in [3.05, 3.63) is 53.6 Å². The summed E-state index contributed by atoms with van der Waals surface area (Å²) < 4.78 is 15.0. The van der Waals surface area contributed by atoms with Crippen LogP contribution >= 0.6 is 0 Å². The molecule has 0 amide bonds. The standard InChI is InChI=1S/C13H13FN2O/c1-2-16-9-11(8-15-16)13(17)7-10-5-3-4-6-12(10)14/h3-6,8-9H,2,7H2,1H3. The van der Waals surface area contributed by atoms with E-state index in [4.69, 9.17) is 0 Å². The second kappa shape index (κ2) is 4.91. The zero-order valence-electron chi connectivity index (χ0n) is 9.56. The summed E-state index contributed by atoms with van der Waals surface area (Å²) >= 11 is 0. The number of nitrogens with zero attached hydrogens (tertiary/aromatic N) is 2. The third-order valence-corrected chi connectivity index (χ3v) is 2.59. The number of rotatable bonds is 4. The summed E-state index contributed by atoms with van der Waals surface area (Å²) in [5.74, 6) is -0.460. The number of carbonyl (C=O) groups excluding carboxylic acids is 1. The van der Waals surface area contributed by atoms with Gasteiger partial charge in [-0.1, -0.05) is 18.2 Å². The molecule has 1 aromatic carbocycles. The Morgan fingerprint density at radius 2 is 2.18 bits per heavy atom. The predicted molar refractivity (Wildman–Crippen MR) is 62.3 cm³/mol. The molecule has 1 heterocycles. The maximum absolute atomic E-state index is 13.4. The van der Waals surface area contributed by atoms with Gasteiger partial charge in [-0.2, -0.15) is 5.10 Å². The van der Waals surface area contributed by atoms with Crippen molar-refractivity contribution >= 4 is 5.78 Å². The van der Waals surface area contributed by atoms with Gasteiger partial charge >= 0.3 is 0 Å². The van der Waals surface area contributed by atoms with E-state index in [-0.39, 0.29) is 18.0 Å². The fraction of sp³-hybridized carbons (Fsp3) is 0.231. The molecule has 0 fully saturated rings. The molecule has 0 saturated carbocycles. The van der Waals surface area contributed by atoms with Crippen LogP contribution in [-0.2, 0) is 13.0 Å². The molecule has 0 radical (unpaired) electrons. The molecular formula is C13H13FN2O. The van der Waals surface area contributed by atoms with Crippen LogP contribution < -0.4 is 0 Å². The van der Waals surface area contributed by atoms with Gasteiger partial charge in [0.1, 0.15) is 5.82 Å². The Bertz CT molecular complexity index is 534. The Balaban J connectivity index is 2.14. The van der Waals surface area contributed by atoms with Crippen LogP contribution in [-0.4, -0.2) is 15.6 Å². The van der Waals surface area contributed by atoms with Crippen molar-refractivity contribution in [1.29, 1.82) is 0 Å². The lowest BCUT2D eigenvalue weighted by Crippen LogP contribution is -2.04. The lowest BCUT2D eigenvalue weighted by molar-refractivity contribution is 0.0991. The first kappa shape index (κ1) is 11.5. The molecule has 0 atom stereocenters. The molecule has 0 N–H and O–H groups in total. The molecule has 0 aliphatic rings. The summed E-state index contributed by atoms with van der Waals surface area (Å²) in [7, 11) is 0. The van der Waals surface area contributed by atoms with Crippen molar-refractivity contribution in [1.82, 2.24) is 9.78 Å². The number of hydrogen-bond acceptors (Lipinski definition) is 2. The number of benzene rings is 1. The van der Waals surface area contributed by atoms with E-state index >= 15 is 0 Å². The third-order valence-electron chi connectivity index (χ3n) is 2.59. The smallest absolute Gasteiger partial charge is 0.170 e. The van der Waals surface area contributed by atoms with Crippen LogP contribution in [0.5, 0.6) is 0 Å². The predicted octanol–water partition coefficient (Wildman–Crippen LogP) is 2.47. The lowest BCUT2D eigenvalue weighted by atomic mass is 10.1. The van der Waals surface area contributed by atoms with Crippen molar-refractivity contribution in [3.8, 4) is 0 Å². The van der Waals surface area contributed by atoms with E-state index in [1.54, 1.807) is 29.1 Å². The van der Waals surface area contributed by atoms with E-state index in [0.717, 1.165) is 0 Å². The zero-order valence-corrected chi connectivity index (χ0v) is 9.56. The van der Waals surface area contributed by atoms with Gasteiger partial charge in [-0.05, 0) is 18.6 Å². The Morgan fingerprint density at radius 1 is 1.41 bits per heavy atom. The molecule has 0 saturated heterocycles. The van der Waals surface area contributed by atoms with Gasteiger partial charge in [0.15, 0.2) is 5.78 Å². The van der Waals surface area contributed by atoms with E-state index in [2.05, 4.69) is 5.10 Å². The third kappa shape index (κ3) is 2.58. The molecule has 0 unspecified atom stereocenters. The minimum Gasteiger partial charge on any atom is -0.294 e. The number of halogens is 1. The first-order valence-corrected chi connectivity index (χ1v) is 5.49. The van der Waals surface area contributed by atoms with Crippen LogP contribution in [0.15, 0.2) is 36.7 Å². The molecule has 4 heteroatoms. The summed E-state index contributed by atoms with van der Waals surface area (Å²) in [6.45, 7) is 2.66. The van der Waals surface area contributed by atoms with Crippen molar-refractivity contribution < 1.29 is 9.18 Å². The largest absolute Gasteiger partial charge is 0.294 e. The summed E-state index contributed by atoms with van der Waals surface area (Å²) in [6.07, 6.45) is 3.28. The van der Waals surface area contributed by atoms with Crippen molar-refractivity contribution in [2.45, 2.75) is 19.9 Å². The molecule has 2 rings (SSSR count). The molecule has 0 spiro atoms. The van der Waals surface area contributed by atoms with Crippen LogP contribution in [0, 0.1) is 5.82 Å². The van der Waals surface area contributed by atoms with Crippen LogP contribution in [0.1, 0.15) is 22.8 Å². The summed E-state index contributed by atoms with van der Waals surface area (Å²) in [5.41, 5.74) is 0.942. The lowest BCUT2D eigenvalue weighted by Gasteiger charge is -2.00. The minimum absolute atomic E-state index is 0.0715. The van der Waals surface area contributed by atoms with E-state index in [1.165, 1.54) is 12.3 Å². The average Bonchev–Trinajstić information content (AvgIpc) is 2.81. The number of ketones is 1. The van der Waals surface area contributed by atoms with Gasteiger partial charge in [-0.15, -0.1) is 0 Å². The molecular weight excluding hydrogens is 219 g/mol. The van der Waals surface area contributed by atoms with Crippen molar-refractivity contribution in [3.63, 3.8) is 0 Å². The molecule has 17 heavy (non-hydrogen) atoms. The normalized spacial score (nSPS) is 10.5. The first-order valence-electron chi connectivity index (χ1n) is 5.49.